The van der Waals surface area contributed by atoms with E-state index in [0.717, 1.165) is 76.8 Å². The largest absolute Gasteiger partial charge is 0.435 e. The van der Waals surface area contributed by atoms with E-state index in [9.17, 15) is 0 Å². The molecule has 0 atom stereocenters. The number of oxazole rings is 1. The first-order valence-electron chi connectivity index (χ1n) is 17.0. The molecule has 0 unspecified atom stereocenters. The van der Waals surface area contributed by atoms with Crippen LogP contribution >= 0.6 is 0 Å². The van der Waals surface area contributed by atoms with E-state index in [1.807, 2.05) is 97.1 Å². The van der Waals surface area contributed by atoms with E-state index in [1.165, 1.54) is 0 Å². The number of hydrogen-bond donors (Lipinski definition) is 0. The van der Waals surface area contributed by atoms with Crippen LogP contribution in [0, 0.1) is 0 Å². The molecule has 0 N–H and O–H groups in total. The minimum absolute atomic E-state index is 0.628. The second-order valence-corrected chi connectivity index (χ2v) is 12.6. The van der Waals surface area contributed by atoms with E-state index in [-0.39, 0.29) is 0 Å². The van der Waals surface area contributed by atoms with E-state index in [1.54, 1.807) is 0 Å². The maximum absolute atomic E-state index is 6.45. The van der Waals surface area contributed by atoms with Gasteiger partial charge in [0.1, 0.15) is 5.52 Å². The molecule has 51 heavy (non-hydrogen) atoms. The van der Waals surface area contributed by atoms with Crippen molar-refractivity contribution in [2.45, 2.75) is 0 Å². The fourth-order valence-electron chi connectivity index (χ4n) is 7.08. The first-order chi connectivity index (χ1) is 25.3. The smallest absolute Gasteiger partial charge is 0.227 e. The standard InChI is InChI=1S/C46H28N4O/c1-4-12-30(13-5-1)43-48-44(31-14-6-2-7-15-31)50-45(49-43)39-26-25-35(37-18-10-11-19-38(37)39)33-22-24-36-34(28-33)21-20-29-23-27-40-42(41(29)36)51-46(47-40)32-16-8-3-9-17-32/h1-28H. The molecule has 0 bridgehead atoms. The van der Waals surface area contributed by atoms with Crippen LogP contribution in [-0.4, -0.2) is 19.9 Å². The van der Waals surface area contributed by atoms with Crippen LogP contribution in [0.1, 0.15) is 0 Å². The predicted molar refractivity (Wildman–Crippen MR) is 207 cm³/mol. The van der Waals surface area contributed by atoms with Crippen LogP contribution in [0.15, 0.2) is 174 Å². The number of rotatable bonds is 5. The van der Waals surface area contributed by atoms with Gasteiger partial charge in [-0.2, -0.15) is 0 Å². The maximum atomic E-state index is 6.45. The van der Waals surface area contributed by atoms with Crippen molar-refractivity contribution in [2.75, 3.05) is 0 Å². The molecule has 5 heteroatoms. The molecule has 0 fully saturated rings. The summed E-state index contributed by atoms with van der Waals surface area (Å²) in [5.74, 6) is 2.56. The lowest BCUT2D eigenvalue weighted by Gasteiger charge is -2.14. The predicted octanol–water partition coefficient (Wildman–Crippen LogP) is 11.8. The Morgan fingerprint density at radius 1 is 0.353 bits per heavy atom. The van der Waals surface area contributed by atoms with E-state index < -0.39 is 0 Å². The second-order valence-electron chi connectivity index (χ2n) is 12.6. The quantitative estimate of drug-likeness (QED) is 0.173. The fourth-order valence-corrected chi connectivity index (χ4v) is 7.08. The summed E-state index contributed by atoms with van der Waals surface area (Å²) in [6, 6.07) is 58.3. The molecular formula is C46H28N4O. The van der Waals surface area contributed by atoms with Gasteiger partial charge in [-0.25, -0.2) is 19.9 Å². The zero-order valence-electron chi connectivity index (χ0n) is 27.4. The summed E-state index contributed by atoms with van der Waals surface area (Å²) in [6.45, 7) is 0. The monoisotopic (exact) mass is 652 g/mol. The van der Waals surface area contributed by atoms with Crippen LogP contribution in [0.25, 0.3) is 100 Å². The molecule has 5 nitrogen and oxygen atoms in total. The number of hydrogen-bond acceptors (Lipinski definition) is 5. The normalized spacial score (nSPS) is 11.5. The average molecular weight is 653 g/mol. The van der Waals surface area contributed by atoms with Crippen molar-refractivity contribution in [3.63, 3.8) is 0 Å². The Morgan fingerprint density at radius 2 is 0.902 bits per heavy atom. The van der Waals surface area contributed by atoms with Crippen molar-refractivity contribution in [3.8, 4) is 56.7 Å². The molecule has 2 heterocycles. The second kappa shape index (κ2) is 11.9. The molecule has 0 aliphatic carbocycles. The third-order valence-corrected chi connectivity index (χ3v) is 9.55. The molecule has 0 saturated heterocycles. The van der Waals surface area contributed by atoms with Crippen LogP contribution < -0.4 is 0 Å². The Hall–Kier alpha value is -6.98. The first-order valence-corrected chi connectivity index (χ1v) is 17.0. The van der Waals surface area contributed by atoms with Crippen LogP contribution in [-0.2, 0) is 0 Å². The van der Waals surface area contributed by atoms with E-state index in [4.69, 9.17) is 24.4 Å². The van der Waals surface area contributed by atoms with E-state index in [2.05, 4.69) is 72.8 Å². The van der Waals surface area contributed by atoms with Gasteiger partial charge in [-0.15, -0.1) is 0 Å². The Bertz CT molecular complexity index is 2840. The SMILES string of the molecule is c1ccc(-c2nc(-c3ccccc3)nc(-c3ccc(-c4ccc5c(ccc6ccc7nc(-c8ccccc8)oc7c65)c4)c4ccccc34)n2)cc1. The summed E-state index contributed by atoms with van der Waals surface area (Å²) < 4.78 is 6.45. The Morgan fingerprint density at radius 3 is 1.59 bits per heavy atom. The van der Waals surface area contributed by atoms with Gasteiger partial charge in [-0.05, 0) is 68.4 Å². The van der Waals surface area contributed by atoms with Gasteiger partial charge in [0.2, 0.25) is 5.89 Å². The topological polar surface area (TPSA) is 64.7 Å². The molecule has 0 aliphatic heterocycles. The lowest BCUT2D eigenvalue weighted by atomic mass is 9.92. The highest BCUT2D eigenvalue weighted by atomic mass is 16.3. The molecule has 10 rings (SSSR count). The van der Waals surface area contributed by atoms with Crippen LogP contribution in [0.2, 0.25) is 0 Å². The highest BCUT2D eigenvalue weighted by molar-refractivity contribution is 6.18. The average Bonchev–Trinajstić information content (AvgIpc) is 3.66. The van der Waals surface area contributed by atoms with Crippen LogP contribution in [0.4, 0.5) is 0 Å². The molecule has 0 spiro atoms. The van der Waals surface area contributed by atoms with Crippen molar-refractivity contribution < 1.29 is 4.42 Å². The lowest BCUT2D eigenvalue weighted by molar-refractivity contribution is 0.623. The zero-order valence-corrected chi connectivity index (χ0v) is 27.4. The Balaban J connectivity index is 1.12. The fraction of sp³-hybridized carbons (Fsp3) is 0. The summed E-state index contributed by atoms with van der Waals surface area (Å²) in [5.41, 5.74) is 7.74. The minimum Gasteiger partial charge on any atom is -0.435 e. The highest BCUT2D eigenvalue weighted by Gasteiger charge is 2.17. The molecule has 0 amide bonds. The molecule has 0 radical (unpaired) electrons. The summed E-state index contributed by atoms with van der Waals surface area (Å²) in [4.78, 5) is 19.8. The number of benzene rings is 8. The number of nitrogens with zero attached hydrogens (tertiary/aromatic N) is 4. The van der Waals surface area contributed by atoms with Gasteiger partial charge >= 0.3 is 0 Å². The van der Waals surface area contributed by atoms with Crippen LogP contribution in [0.3, 0.4) is 0 Å². The summed E-state index contributed by atoms with van der Waals surface area (Å²) in [7, 11) is 0. The van der Waals surface area contributed by atoms with Gasteiger partial charge in [0.05, 0.1) is 0 Å². The summed E-state index contributed by atoms with van der Waals surface area (Å²) >= 11 is 0. The number of fused-ring (bicyclic) bond motifs is 6. The van der Waals surface area contributed by atoms with Crippen molar-refractivity contribution in [2.24, 2.45) is 0 Å². The number of aromatic nitrogens is 4. The first kappa shape index (κ1) is 29.0. The van der Waals surface area contributed by atoms with E-state index >= 15 is 0 Å². The third kappa shape index (κ3) is 5.03. The molecule has 10 aromatic rings. The van der Waals surface area contributed by atoms with Gasteiger partial charge in [-0.3, -0.25) is 0 Å². The molecule has 0 aliphatic rings. The minimum atomic E-state index is 0.628. The van der Waals surface area contributed by atoms with Gasteiger partial charge in [0, 0.05) is 27.6 Å². The Kier molecular flexibility index (Phi) is 6.74. The maximum Gasteiger partial charge on any atom is 0.227 e. The molecule has 2 aromatic heterocycles. The highest BCUT2D eigenvalue weighted by Crippen LogP contribution is 2.39. The van der Waals surface area contributed by atoms with E-state index in [0.29, 0.717) is 23.4 Å². The molecular weight excluding hydrogens is 625 g/mol. The van der Waals surface area contributed by atoms with Crippen LogP contribution in [0.5, 0.6) is 0 Å². The molecule has 0 saturated carbocycles. The summed E-state index contributed by atoms with van der Waals surface area (Å²) in [5, 5.41) is 6.67. The van der Waals surface area contributed by atoms with Crippen molar-refractivity contribution in [3.05, 3.63) is 170 Å². The van der Waals surface area contributed by atoms with Crippen molar-refractivity contribution in [1.82, 2.24) is 19.9 Å². The van der Waals surface area contributed by atoms with Gasteiger partial charge in [0.15, 0.2) is 23.1 Å². The van der Waals surface area contributed by atoms with Gasteiger partial charge < -0.3 is 4.42 Å². The Labute approximate surface area is 293 Å². The van der Waals surface area contributed by atoms with Gasteiger partial charge in [0.25, 0.3) is 0 Å². The third-order valence-electron chi connectivity index (χ3n) is 9.55. The zero-order chi connectivity index (χ0) is 33.7. The van der Waals surface area contributed by atoms with Gasteiger partial charge in [-0.1, -0.05) is 140 Å². The molecule has 238 valence electrons. The van der Waals surface area contributed by atoms with Crippen molar-refractivity contribution >= 4 is 43.4 Å². The summed E-state index contributed by atoms with van der Waals surface area (Å²) in [6.07, 6.45) is 0. The lowest BCUT2D eigenvalue weighted by Crippen LogP contribution is -2.00. The van der Waals surface area contributed by atoms with Crippen molar-refractivity contribution in [1.29, 1.82) is 0 Å². The molecule has 8 aromatic carbocycles.